The molecule has 0 aliphatic heterocycles. The fraction of sp³-hybridized carbons (Fsp3) is 0.538. The Kier molecular flexibility index (Phi) is 3.71. The number of hydrogen-bond acceptors (Lipinski definition) is 2. The second-order valence-corrected chi connectivity index (χ2v) is 5.17. The molecule has 1 aliphatic carbocycles. The molecule has 0 spiro atoms. The third kappa shape index (κ3) is 2.62. The van der Waals surface area contributed by atoms with Crippen molar-refractivity contribution in [3.8, 4) is 0 Å². The maximum Gasteiger partial charge on any atom is 0.130 e. The number of benzene rings is 1. The molecular formula is C13H16ClFO2. The molecule has 0 saturated heterocycles. The van der Waals surface area contributed by atoms with Gasteiger partial charge in [0.25, 0.3) is 0 Å². The first-order chi connectivity index (χ1) is 8.03. The van der Waals surface area contributed by atoms with E-state index in [1.54, 1.807) is 0 Å². The van der Waals surface area contributed by atoms with E-state index in [1.165, 1.54) is 12.1 Å². The number of halogens is 2. The van der Waals surface area contributed by atoms with Gasteiger partial charge in [0.2, 0.25) is 0 Å². The van der Waals surface area contributed by atoms with Crippen LogP contribution in [0.4, 0.5) is 4.39 Å². The van der Waals surface area contributed by atoms with E-state index in [2.05, 4.69) is 0 Å². The SMILES string of the molecule is OC(c1ccc(Cl)cc1F)C1(O)CCCCC1. The normalized spacial score (nSPS) is 21.2. The first-order valence-electron chi connectivity index (χ1n) is 5.88. The summed E-state index contributed by atoms with van der Waals surface area (Å²) in [5.74, 6) is -0.566. The van der Waals surface area contributed by atoms with Crippen molar-refractivity contribution >= 4 is 11.6 Å². The van der Waals surface area contributed by atoms with Gasteiger partial charge in [0, 0.05) is 10.6 Å². The summed E-state index contributed by atoms with van der Waals surface area (Å²) in [5.41, 5.74) is -1.08. The van der Waals surface area contributed by atoms with E-state index >= 15 is 0 Å². The van der Waals surface area contributed by atoms with E-state index in [-0.39, 0.29) is 10.6 Å². The van der Waals surface area contributed by atoms with Gasteiger partial charge in [-0.05, 0) is 25.0 Å². The molecule has 1 aromatic carbocycles. The van der Waals surface area contributed by atoms with Gasteiger partial charge >= 0.3 is 0 Å². The standard InChI is InChI=1S/C13H16ClFO2/c14-9-4-5-10(11(15)8-9)12(16)13(17)6-2-1-3-7-13/h4-5,8,12,16-17H,1-3,6-7H2. The van der Waals surface area contributed by atoms with Crippen molar-refractivity contribution in [1.29, 1.82) is 0 Å². The van der Waals surface area contributed by atoms with Gasteiger partial charge in [-0.15, -0.1) is 0 Å². The first kappa shape index (κ1) is 12.8. The zero-order valence-corrected chi connectivity index (χ0v) is 10.3. The quantitative estimate of drug-likeness (QED) is 0.855. The maximum absolute atomic E-state index is 13.7. The molecule has 2 N–H and O–H groups in total. The second kappa shape index (κ2) is 4.92. The van der Waals surface area contributed by atoms with Crippen molar-refractivity contribution < 1.29 is 14.6 Å². The molecule has 0 radical (unpaired) electrons. The third-order valence-corrected chi connectivity index (χ3v) is 3.72. The minimum atomic E-state index is -1.20. The van der Waals surface area contributed by atoms with E-state index in [4.69, 9.17) is 11.6 Å². The summed E-state index contributed by atoms with van der Waals surface area (Å²) in [7, 11) is 0. The van der Waals surface area contributed by atoms with E-state index in [9.17, 15) is 14.6 Å². The monoisotopic (exact) mass is 258 g/mol. The van der Waals surface area contributed by atoms with Crippen LogP contribution in [0.3, 0.4) is 0 Å². The summed E-state index contributed by atoms with van der Waals surface area (Å²) < 4.78 is 13.7. The summed E-state index contributed by atoms with van der Waals surface area (Å²) in [6.07, 6.45) is 2.62. The van der Waals surface area contributed by atoms with Crippen molar-refractivity contribution in [3.05, 3.63) is 34.6 Å². The predicted molar refractivity (Wildman–Crippen MR) is 64.4 cm³/mol. The molecule has 0 amide bonds. The molecule has 1 atom stereocenters. The van der Waals surface area contributed by atoms with Crippen LogP contribution >= 0.6 is 11.6 Å². The van der Waals surface area contributed by atoms with Crippen molar-refractivity contribution in [1.82, 2.24) is 0 Å². The largest absolute Gasteiger partial charge is 0.387 e. The Morgan fingerprint density at radius 3 is 2.47 bits per heavy atom. The van der Waals surface area contributed by atoms with Crippen LogP contribution in [0.25, 0.3) is 0 Å². The van der Waals surface area contributed by atoms with Gasteiger partial charge in [-0.25, -0.2) is 4.39 Å². The molecule has 2 nitrogen and oxygen atoms in total. The van der Waals surface area contributed by atoms with Crippen molar-refractivity contribution in [2.75, 3.05) is 0 Å². The van der Waals surface area contributed by atoms with E-state index < -0.39 is 17.5 Å². The lowest BCUT2D eigenvalue weighted by atomic mass is 9.78. The Balaban J connectivity index is 2.26. The minimum Gasteiger partial charge on any atom is -0.387 e. The molecule has 17 heavy (non-hydrogen) atoms. The number of aliphatic hydroxyl groups is 2. The van der Waals surface area contributed by atoms with Crippen molar-refractivity contribution in [2.24, 2.45) is 0 Å². The Labute approximate surface area is 105 Å². The summed E-state index contributed by atoms with van der Waals surface area (Å²) >= 11 is 5.66. The average Bonchev–Trinajstić information content (AvgIpc) is 2.29. The molecule has 4 heteroatoms. The topological polar surface area (TPSA) is 40.5 Å². The average molecular weight is 259 g/mol. The van der Waals surface area contributed by atoms with Gasteiger partial charge in [-0.1, -0.05) is 36.9 Å². The minimum absolute atomic E-state index is 0.124. The van der Waals surface area contributed by atoms with Crippen molar-refractivity contribution in [3.63, 3.8) is 0 Å². The summed E-state index contributed by atoms with van der Waals surface area (Å²) in [6, 6.07) is 4.12. The molecule has 1 saturated carbocycles. The third-order valence-electron chi connectivity index (χ3n) is 3.49. The van der Waals surface area contributed by atoms with Crippen LogP contribution in [-0.4, -0.2) is 15.8 Å². The van der Waals surface area contributed by atoms with Gasteiger partial charge in [0.1, 0.15) is 11.9 Å². The lowest BCUT2D eigenvalue weighted by Gasteiger charge is -2.36. The molecule has 94 valence electrons. The van der Waals surface area contributed by atoms with Crippen LogP contribution in [0, 0.1) is 5.82 Å². The predicted octanol–water partition coefficient (Wildman–Crippen LogP) is 3.21. The molecule has 0 heterocycles. The summed E-state index contributed by atoms with van der Waals surface area (Å²) in [5, 5.41) is 20.8. The van der Waals surface area contributed by atoms with Gasteiger partial charge in [-0.2, -0.15) is 0 Å². The lowest BCUT2D eigenvalue weighted by Crippen LogP contribution is -2.38. The van der Waals surface area contributed by atoms with E-state index in [0.29, 0.717) is 12.8 Å². The lowest BCUT2D eigenvalue weighted by molar-refractivity contribution is -0.100. The Bertz CT molecular complexity index is 402. The molecular weight excluding hydrogens is 243 g/mol. The van der Waals surface area contributed by atoms with Crippen LogP contribution < -0.4 is 0 Å². The smallest absolute Gasteiger partial charge is 0.130 e. The highest BCUT2D eigenvalue weighted by molar-refractivity contribution is 6.30. The maximum atomic E-state index is 13.7. The number of hydrogen-bond donors (Lipinski definition) is 2. The Hall–Kier alpha value is -0.640. The molecule has 0 bridgehead atoms. The highest BCUT2D eigenvalue weighted by atomic mass is 35.5. The van der Waals surface area contributed by atoms with Crippen LogP contribution in [0.2, 0.25) is 5.02 Å². The number of aliphatic hydroxyl groups excluding tert-OH is 1. The molecule has 1 unspecified atom stereocenters. The molecule has 0 aromatic heterocycles. The Morgan fingerprint density at radius 2 is 1.88 bits per heavy atom. The van der Waals surface area contributed by atoms with E-state index in [0.717, 1.165) is 25.3 Å². The number of rotatable bonds is 2. The summed E-state index contributed by atoms with van der Waals surface area (Å²) in [6.45, 7) is 0. The fourth-order valence-corrected chi connectivity index (χ4v) is 2.61. The summed E-state index contributed by atoms with van der Waals surface area (Å²) in [4.78, 5) is 0. The zero-order chi connectivity index (χ0) is 12.5. The van der Waals surface area contributed by atoms with Crippen LogP contribution in [-0.2, 0) is 0 Å². The molecule has 1 fully saturated rings. The van der Waals surface area contributed by atoms with Gasteiger partial charge in [0.15, 0.2) is 0 Å². The second-order valence-electron chi connectivity index (χ2n) is 4.73. The molecule has 2 rings (SSSR count). The first-order valence-corrected chi connectivity index (χ1v) is 6.26. The fourth-order valence-electron chi connectivity index (χ4n) is 2.45. The van der Waals surface area contributed by atoms with Crippen molar-refractivity contribution in [2.45, 2.75) is 43.8 Å². The van der Waals surface area contributed by atoms with Gasteiger partial charge in [-0.3, -0.25) is 0 Å². The van der Waals surface area contributed by atoms with Gasteiger partial charge < -0.3 is 10.2 Å². The molecule has 1 aromatic rings. The highest BCUT2D eigenvalue weighted by Gasteiger charge is 2.38. The van der Waals surface area contributed by atoms with E-state index in [1.807, 2.05) is 0 Å². The highest BCUT2D eigenvalue weighted by Crippen LogP contribution is 2.39. The van der Waals surface area contributed by atoms with Crippen LogP contribution in [0.5, 0.6) is 0 Å². The zero-order valence-electron chi connectivity index (χ0n) is 9.50. The molecule has 1 aliphatic rings. The van der Waals surface area contributed by atoms with Crippen LogP contribution in [0.1, 0.15) is 43.8 Å². The van der Waals surface area contributed by atoms with Crippen LogP contribution in [0.15, 0.2) is 18.2 Å². The Morgan fingerprint density at radius 1 is 1.24 bits per heavy atom. The van der Waals surface area contributed by atoms with Gasteiger partial charge in [0.05, 0.1) is 5.60 Å².